The number of nitrogens with one attached hydrogen (secondary N) is 1. The van der Waals surface area contributed by atoms with Crippen molar-refractivity contribution in [3.8, 4) is 5.75 Å². The van der Waals surface area contributed by atoms with Crippen LogP contribution in [0.2, 0.25) is 5.02 Å². The molecule has 0 aliphatic heterocycles. The maximum absolute atomic E-state index is 11.7. The first-order valence-electron chi connectivity index (χ1n) is 6.91. The van der Waals surface area contributed by atoms with E-state index in [2.05, 4.69) is 10.5 Å². The van der Waals surface area contributed by atoms with Crippen molar-refractivity contribution in [3.05, 3.63) is 64.7 Å². The van der Waals surface area contributed by atoms with Crippen LogP contribution in [0.4, 0.5) is 0 Å². The summed E-state index contributed by atoms with van der Waals surface area (Å²) in [6.45, 7) is 2.27. The van der Waals surface area contributed by atoms with Crippen LogP contribution < -0.4 is 10.2 Å². The van der Waals surface area contributed by atoms with Gasteiger partial charge in [0.25, 0.3) is 0 Å². The Labute approximate surface area is 134 Å². The molecule has 1 amide bonds. The summed E-state index contributed by atoms with van der Waals surface area (Å²) >= 11 is 5.98. The summed E-state index contributed by atoms with van der Waals surface area (Å²) in [6.07, 6.45) is 1.75. The molecule has 0 fully saturated rings. The number of para-hydroxylation sites is 1. The number of carbonyl (C=O) groups is 1. The minimum absolute atomic E-state index is 0.211. The second-order valence-corrected chi connectivity index (χ2v) is 5.09. The zero-order valence-corrected chi connectivity index (χ0v) is 13.0. The summed E-state index contributed by atoms with van der Waals surface area (Å²) in [6, 6.07) is 15.0. The van der Waals surface area contributed by atoms with Gasteiger partial charge in [-0.3, -0.25) is 4.79 Å². The van der Waals surface area contributed by atoms with Gasteiger partial charge in [-0.2, -0.15) is 5.10 Å². The van der Waals surface area contributed by atoms with Crippen LogP contribution in [0.3, 0.4) is 0 Å². The number of aryl methyl sites for hydroxylation is 1. The van der Waals surface area contributed by atoms with Gasteiger partial charge in [0.1, 0.15) is 5.75 Å². The predicted octanol–water partition coefficient (Wildman–Crippen LogP) is 3.57. The standard InChI is InChI=1S/C17H17ClN2O2/c1-13-6-2-5-9-16(13)22-11-10-17(21)20-19-12-14-7-3-4-8-15(14)18/h2-9,12H,10-11H2,1H3,(H,20,21)/b19-12-. The molecule has 1 N–H and O–H groups in total. The summed E-state index contributed by atoms with van der Waals surface area (Å²) in [5.74, 6) is 0.576. The molecule has 0 saturated heterocycles. The molecule has 2 aromatic carbocycles. The Morgan fingerprint density at radius 2 is 1.95 bits per heavy atom. The fourth-order valence-corrected chi connectivity index (χ4v) is 1.97. The van der Waals surface area contributed by atoms with Gasteiger partial charge in [0.2, 0.25) is 5.91 Å². The van der Waals surface area contributed by atoms with E-state index in [0.29, 0.717) is 11.6 Å². The van der Waals surface area contributed by atoms with E-state index < -0.39 is 0 Å². The number of hydrazone groups is 1. The molecular formula is C17H17ClN2O2. The number of benzene rings is 2. The molecule has 0 atom stereocenters. The molecule has 22 heavy (non-hydrogen) atoms. The quantitative estimate of drug-likeness (QED) is 0.654. The number of carbonyl (C=O) groups excluding carboxylic acids is 1. The van der Waals surface area contributed by atoms with Crippen molar-refractivity contribution in [1.29, 1.82) is 0 Å². The lowest BCUT2D eigenvalue weighted by atomic mass is 10.2. The monoisotopic (exact) mass is 316 g/mol. The molecule has 2 rings (SSSR count). The van der Waals surface area contributed by atoms with Gasteiger partial charge in [-0.25, -0.2) is 5.43 Å². The first-order valence-corrected chi connectivity index (χ1v) is 7.29. The molecule has 0 bridgehead atoms. The van der Waals surface area contributed by atoms with Crippen LogP contribution >= 0.6 is 11.6 Å². The highest BCUT2D eigenvalue weighted by Crippen LogP contribution is 2.16. The molecule has 0 aliphatic carbocycles. The Balaban J connectivity index is 1.75. The molecule has 0 heterocycles. The number of ether oxygens (including phenoxy) is 1. The highest BCUT2D eigenvalue weighted by molar-refractivity contribution is 6.33. The number of rotatable bonds is 6. The topological polar surface area (TPSA) is 50.7 Å². The van der Waals surface area contributed by atoms with Gasteiger partial charge in [-0.15, -0.1) is 0 Å². The van der Waals surface area contributed by atoms with Gasteiger partial charge in [-0.1, -0.05) is 48.0 Å². The SMILES string of the molecule is Cc1ccccc1OCCC(=O)N/N=C\c1ccccc1Cl. The van der Waals surface area contributed by atoms with Crippen molar-refractivity contribution in [2.45, 2.75) is 13.3 Å². The van der Waals surface area contributed by atoms with E-state index in [-0.39, 0.29) is 12.3 Å². The Kier molecular flexibility index (Phi) is 5.98. The smallest absolute Gasteiger partial charge is 0.243 e. The van der Waals surface area contributed by atoms with Crippen LogP contribution in [0.1, 0.15) is 17.5 Å². The summed E-state index contributed by atoms with van der Waals surface area (Å²) < 4.78 is 5.56. The van der Waals surface area contributed by atoms with E-state index in [1.54, 1.807) is 6.07 Å². The van der Waals surface area contributed by atoms with Gasteiger partial charge in [0, 0.05) is 10.6 Å². The molecule has 0 unspecified atom stereocenters. The predicted molar refractivity (Wildman–Crippen MR) is 88.5 cm³/mol. The molecule has 114 valence electrons. The van der Waals surface area contributed by atoms with E-state index in [0.717, 1.165) is 16.9 Å². The zero-order chi connectivity index (χ0) is 15.8. The third-order valence-corrected chi connectivity index (χ3v) is 3.32. The molecule has 0 spiro atoms. The Morgan fingerprint density at radius 1 is 1.23 bits per heavy atom. The highest BCUT2D eigenvalue weighted by Gasteiger charge is 2.02. The van der Waals surface area contributed by atoms with Crippen molar-refractivity contribution in [1.82, 2.24) is 5.43 Å². The molecule has 5 heteroatoms. The number of amides is 1. The first kappa shape index (κ1) is 16.0. The average molecular weight is 317 g/mol. The van der Waals surface area contributed by atoms with Crippen LogP contribution in [0.15, 0.2) is 53.6 Å². The maximum Gasteiger partial charge on any atom is 0.243 e. The summed E-state index contributed by atoms with van der Waals surface area (Å²) in [5, 5.41) is 4.47. The summed E-state index contributed by atoms with van der Waals surface area (Å²) in [4.78, 5) is 11.7. The average Bonchev–Trinajstić information content (AvgIpc) is 2.51. The molecular weight excluding hydrogens is 300 g/mol. The highest BCUT2D eigenvalue weighted by atomic mass is 35.5. The fourth-order valence-electron chi connectivity index (χ4n) is 1.78. The normalized spacial score (nSPS) is 10.6. The van der Waals surface area contributed by atoms with Crippen molar-refractivity contribution in [2.75, 3.05) is 6.61 Å². The van der Waals surface area contributed by atoms with Crippen LogP contribution in [-0.4, -0.2) is 18.7 Å². The van der Waals surface area contributed by atoms with Crippen LogP contribution in [0, 0.1) is 6.92 Å². The number of nitrogens with zero attached hydrogens (tertiary/aromatic N) is 1. The lowest BCUT2D eigenvalue weighted by Gasteiger charge is -2.07. The molecule has 0 aliphatic rings. The third-order valence-electron chi connectivity index (χ3n) is 2.98. The molecule has 0 aromatic heterocycles. The van der Waals surface area contributed by atoms with Gasteiger partial charge in [-0.05, 0) is 24.6 Å². The van der Waals surface area contributed by atoms with Gasteiger partial charge in [0.05, 0.1) is 19.2 Å². The van der Waals surface area contributed by atoms with Crippen molar-refractivity contribution < 1.29 is 9.53 Å². The lowest BCUT2D eigenvalue weighted by Crippen LogP contribution is -2.20. The Morgan fingerprint density at radius 3 is 2.73 bits per heavy atom. The largest absolute Gasteiger partial charge is 0.493 e. The number of hydrogen-bond donors (Lipinski definition) is 1. The van der Waals surface area contributed by atoms with Crippen LogP contribution in [0.5, 0.6) is 5.75 Å². The van der Waals surface area contributed by atoms with Crippen LogP contribution in [0.25, 0.3) is 0 Å². The maximum atomic E-state index is 11.7. The van der Waals surface area contributed by atoms with E-state index in [4.69, 9.17) is 16.3 Å². The lowest BCUT2D eigenvalue weighted by molar-refractivity contribution is -0.121. The molecule has 0 radical (unpaired) electrons. The van der Waals surface area contributed by atoms with Crippen molar-refractivity contribution >= 4 is 23.7 Å². The molecule has 4 nitrogen and oxygen atoms in total. The van der Waals surface area contributed by atoms with E-state index in [9.17, 15) is 4.79 Å². The first-order chi connectivity index (χ1) is 10.7. The number of halogens is 1. The summed E-state index contributed by atoms with van der Waals surface area (Å²) in [5.41, 5.74) is 4.24. The third kappa shape index (κ3) is 4.90. The fraction of sp³-hybridized carbons (Fsp3) is 0.176. The minimum atomic E-state index is -0.211. The van der Waals surface area contributed by atoms with E-state index in [1.165, 1.54) is 6.21 Å². The van der Waals surface area contributed by atoms with E-state index in [1.807, 2.05) is 49.4 Å². The molecule has 0 saturated carbocycles. The summed E-state index contributed by atoms with van der Waals surface area (Å²) in [7, 11) is 0. The van der Waals surface area contributed by atoms with Gasteiger partial charge in [0.15, 0.2) is 0 Å². The zero-order valence-electron chi connectivity index (χ0n) is 12.3. The van der Waals surface area contributed by atoms with Gasteiger partial charge >= 0.3 is 0 Å². The minimum Gasteiger partial charge on any atom is -0.493 e. The second-order valence-electron chi connectivity index (χ2n) is 4.68. The Bertz CT molecular complexity index is 671. The van der Waals surface area contributed by atoms with Gasteiger partial charge < -0.3 is 4.74 Å². The van der Waals surface area contributed by atoms with Crippen molar-refractivity contribution in [3.63, 3.8) is 0 Å². The van der Waals surface area contributed by atoms with E-state index >= 15 is 0 Å². The second kappa shape index (κ2) is 8.20. The number of hydrogen-bond acceptors (Lipinski definition) is 3. The van der Waals surface area contributed by atoms with Crippen molar-refractivity contribution in [2.24, 2.45) is 5.10 Å². The molecule has 2 aromatic rings. The van der Waals surface area contributed by atoms with Crippen LogP contribution in [-0.2, 0) is 4.79 Å². The Hall–Kier alpha value is -2.33.